The Labute approximate surface area is 133 Å². The van der Waals surface area contributed by atoms with Crippen LogP contribution >= 0.6 is 0 Å². The SMILES string of the molecule is COc1cc2c(cc1/C=N\NC(=O)c1ccc(C)cc1)OCO2. The van der Waals surface area contributed by atoms with Crippen LogP contribution in [-0.4, -0.2) is 26.0 Å². The van der Waals surface area contributed by atoms with E-state index in [0.29, 0.717) is 28.4 Å². The first-order valence-electron chi connectivity index (χ1n) is 7.05. The molecule has 1 aliphatic heterocycles. The minimum absolute atomic E-state index is 0.184. The van der Waals surface area contributed by atoms with Crippen LogP contribution in [0, 0.1) is 6.92 Å². The minimum atomic E-state index is -0.277. The Kier molecular flexibility index (Phi) is 4.14. The number of ether oxygens (including phenoxy) is 3. The van der Waals surface area contributed by atoms with Crippen LogP contribution in [0.5, 0.6) is 17.2 Å². The molecule has 0 aliphatic carbocycles. The summed E-state index contributed by atoms with van der Waals surface area (Å²) in [5.41, 5.74) is 4.81. The van der Waals surface area contributed by atoms with Gasteiger partial charge in [-0.1, -0.05) is 17.7 Å². The molecule has 0 bridgehead atoms. The second-order valence-corrected chi connectivity index (χ2v) is 5.01. The van der Waals surface area contributed by atoms with E-state index in [9.17, 15) is 4.79 Å². The molecule has 0 fully saturated rings. The van der Waals surface area contributed by atoms with Crippen LogP contribution in [0.25, 0.3) is 0 Å². The van der Waals surface area contributed by atoms with E-state index in [1.165, 1.54) is 6.21 Å². The quantitative estimate of drug-likeness (QED) is 0.695. The van der Waals surface area contributed by atoms with Crippen LogP contribution < -0.4 is 19.6 Å². The zero-order valence-electron chi connectivity index (χ0n) is 12.8. The van der Waals surface area contributed by atoms with E-state index in [-0.39, 0.29) is 12.7 Å². The van der Waals surface area contributed by atoms with Gasteiger partial charge in [0.05, 0.1) is 13.3 Å². The Hall–Kier alpha value is -3.02. The molecule has 6 heteroatoms. The largest absolute Gasteiger partial charge is 0.496 e. The van der Waals surface area contributed by atoms with Gasteiger partial charge in [0.25, 0.3) is 5.91 Å². The molecular weight excluding hydrogens is 296 g/mol. The highest BCUT2D eigenvalue weighted by Crippen LogP contribution is 2.37. The lowest BCUT2D eigenvalue weighted by Crippen LogP contribution is -2.17. The predicted octanol–water partition coefficient (Wildman–Crippen LogP) is 2.50. The van der Waals surface area contributed by atoms with E-state index in [0.717, 1.165) is 5.56 Å². The number of carbonyl (C=O) groups excluding carboxylic acids is 1. The summed E-state index contributed by atoms with van der Waals surface area (Å²) in [6.45, 7) is 2.15. The van der Waals surface area contributed by atoms with Gasteiger partial charge in [0, 0.05) is 17.2 Å². The Morgan fingerprint density at radius 3 is 2.61 bits per heavy atom. The number of aryl methyl sites for hydroxylation is 1. The van der Waals surface area contributed by atoms with Crippen molar-refractivity contribution in [2.45, 2.75) is 6.92 Å². The molecule has 0 spiro atoms. The van der Waals surface area contributed by atoms with Crippen molar-refractivity contribution in [3.8, 4) is 17.2 Å². The van der Waals surface area contributed by atoms with Gasteiger partial charge in [-0.2, -0.15) is 5.10 Å². The summed E-state index contributed by atoms with van der Waals surface area (Å²) in [5.74, 6) is 1.56. The lowest BCUT2D eigenvalue weighted by Gasteiger charge is -2.06. The average molecular weight is 312 g/mol. The molecule has 1 amide bonds. The van der Waals surface area contributed by atoms with Gasteiger partial charge in [0.15, 0.2) is 11.5 Å². The summed E-state index contributed by atoms with van der Waals surface area (Å²) >= 11 is 0. The molecular formula is C17H16N2O4. The normalized spacial score (nSPS) is 12.4. The Morgan fingerprint density at radius 2 is 1.91 bits per heavy atom. The van der Waals surface area contributed by atoms with Crippen molar-refractivity contribution in [1.82, 2.24) is 5.43 Å². The zero-order valence-corrected chi connectivity index (χ0v) is 12.8. The van der Waals surface area contributed by atoms with E-state index in [1.54, 1.807) is 31.4 Å². The van der Waals surface area contributed by atoms with Gasteiger partial charge in [0.1, 0.15) is 5.75 Å². The Bertz CT molecular complexity index is 754. The van der Waals surface area contributed by atoms with Crippen molar-refractivity contribution in [3.63, 3.8) is 0 Å². The monoisotopic (exact) mass is 312 g/mol. The molecule has 2 aromatic rings. The van der Waals surface area contributed by atoms with Gasteiger partial charge < -0.3 is 14.2 Å². The number of methoxy groups -OCH3 is 1. The van der Waals surface area contributed by atoms with Gasteiger partial charge in [-0.25, -0.2) is 5.43 Å². The van der Waals surface area contributed by atoms with Crippen molar-refractivity contribution in [2.75, 3.05) is 13.9 Å². The first-order chi connectivity index (χ1) is 11.2. The second kappa shape index (κ2) is 6.39. The maximum absolute atomic E-state index is 12.0. The Balaban J connectivity index is 1.73. The van der Waals surface area contributed by atoms with Crippen molar-refractivity contribution < 1.29 is 19.0 Å². The first-order valence-corrected chi connectivity index (χ1v) is 7.05. The fourth-order valence-electron chi connectivity index (χ4n) is 2.15. The molecule has 1 N–H and O–H groups in total. The van der Waals surface area contributed by atoms with Gasteiger partial charge >= 0.3 is 0 Å². The van der Waals surface area contributed by atoms with Crippen molar-refractivity contribution >= 4 is 12.1 Å². The number of rotatable bonds is 4. The first kappa shape index (κ1) is 14.9. The third-order valence-electron chi connectivity index (χ3n) is 3.41. The fraction of sp³-hybridized carbons (Fsp3) is 0.176. The molecule has 0 radical (unpaired) electrons. The van der Waals surface area contributed by atoms with Gasteiger partial charge in [-0.05, 0) is 25.1 Å². The van der Waals surface area contributed by atoms with E-state index in [1.807, 2.05) is 19.1 Å². The number of nitrogens with zero attached hydrogens (tertiary/aromatic N) is 1. The number of nitrogens with one attached hydrogen (secondary N) is 1. The van der Waals surface area contributed by atoms with Gasteiger partial charge in [-0.15, -0.1) is 0 Å². The Morgan fingerprint density at radius 1 is 1.22 bits per heavy atom. The average Bonchev–Trinajstić information content (AvgIpc) is 3.01. The van der Waals surface area contributed by atoms with Crippen LogP contribution in [0.15, 0.2) is 41.5 Å². The predicted molar refractivity (Wildman–Crippen MR) is 85.4 cm³/mol. The van der Waals surface area contributed by atoms with Crippen molar-refractivity contribution in [2.24, 2.45) is 5.10 Å². The number of benzene rings is 2. The summed E-state index contributed by atoms with van der Waals surface area (Å²) in [7, 11) is 1.56. The summed E-state index contributed by atoms with van der Waals surface area (Å²) in [5, 5.41) is 3.97. The third kappa shape index (κ3) is 3.26. The number of amides is 1. The molecule has 23 heavy (non-hydrogen) atoms. The highest BCUT2D eigenvalue weighted by molar-refractivity contribution is 5.95. The number of fused-ring (bicyclic) bond motifs is 1. The van der Waals surface area contributed by atoms with E-state index in [2.05, 4.69) is 10.5 Å². The standard InChI is InChI=1S/C17H16N2O4/c1-11-3-5-12(6-4-11)17(20)19-18-9-13-7-15-16(23-10-22-15)8-14(13)21-2/h3-9H,10H2,1-2H3,(H,19,20)/b18-9-. The summed E-state index contributed by atoms with van der Waals surface area (Å²) in [6, 6.07) is 10.7. The molecule has 3 rings (SSSR count). The summed E-state index contributed by atoms with van der Waals surface area (Å²) in [6.07, 6.45) is 1.51. The van der Waals surface area contributed by atoms with E-state index < -0.39 is 0 Å². The van der Waals surface area contributed by atoms with E-state index >= 15 is 0 Å². The zero-order chi connectivity index (χ0) is 16.2. The highest BCUT2D eigenvalue weighted by Gasteiger charge is 2.17. The number of hydrazone groups is 1. The van der Waals surface area contributed by atoms with Crippen LogP contribution in [0.1, 0.15) is 21.5 Å². The lowest BCUT2D eigenvalue weighted by atomic mass is 10.1. The van der Waals surface area contributed by atoms with E-state index in [4.69, 9.17) is 14.2 Å². The van der Waals surface area contributed by atoms with Crippen LogP contribution in [0.2, 0.25) is 0 Å². The third-order valence-corrected chi connectivity index (χ3v) is 3.41. The molecule has 6 nitrogen and oxygen atoms in total. The highest BCUT2D eigenvalue weighted by atomic mass is 16.7. The molecule has 0 saturated heterocycles. The van der Waals surface area contributed by atoms with Crippen LogP contribution in [-0.2, 0) is 0 Å². The number of hydrogen-bond acceptors (Lipinski definition) is 5. The summed E-state index contributed by atoms with van der Waals surface area (Å²) < 4.78 is 15.9. The number of hydrogen-bond donors (Lipinski definition) is 1. The van der Waals surface area contributed by atoms with Gasteiger partial charge in [0.2, 0.25) is 6.79 Å². The lowest BCUT2D eigenvalue weighted by molar-refractivity contribution is 0.0955. The smallest absolute Gasteiger partial charge is 0.271 e. The van der Waals surface area contributed by atoms with Crippen molar-refractivity contribution in [3.05, 3.63) is 53.1 Å². The molecule has 0 saturated carbocycles. The van der Waals surface area contributed by atoms with Crippen LogP contribution in [0.4, 0.5) is 0 Å². The summed E-state index contributed by atoms with van der Waals surface area (Å²) in [4.78, 5) is 12.0. The minimum Gasteiger partial charge on any atom is -0.496 e. The fourth-order valence-corrected chi connectivity index (χ4v) is 2.15. The molecule has 1 aliphatic rings. The molecule has 0 unspecified atom stereocenters. The second-order valence-electron chi connectivity index (χ2n) is 5.01. The molecule has 0 aromatic heterocycles. The molecule has 0 atom stereocenters. The van der Waals surface area contributed by atoms with Crippen LogP contribution in [0.3, 0.4) is 0 Å². The molecule has 118 valence electrons. The van der Waals surface area contributed by atoms with Crippen molar-refractivity contribution in [1.29, 1.82) is 0 Å². The number of carbonyl (C=O) groups is 1. The maximum Gasteiger partial charge on any atom is 0.271 e. The van der Waals surface area contributed by atoms with Gasteiger partial charge in [-0.3, -0.25) is 4.79 Å². The molecule has 1 heterocycles. The topological polar surface area (TPSA) is 69.2 Å². The maximum atomic E-state index is 12.0. The molecule has 2 aromatic carbocycles.